The minimum Gasteiger partial charge on any atom is -0.349 e. The van der Waals surface area contributed by atoms with Crippen molar-refractivity contribution in [3.8, 4) is 0 Å². The van der Waals surface area contributed by atoms with E-state index in [1.807, 2.05) is 61.5 Å². The van der Waals surface area contributed by atoms with E-state index < -0.39 is 0 Å². The van der Waals surface area contributed by atoms with Crippen LogP contribution in [0.1, 0.15) is 24.1 Å². The molecule has 98 valence electrons. The lowest BCUT2D eigenvalue weighted by molar-refractivity contribution is -0.121. The molecule has 0 heterocycles. The highest BCUT2D eigenvalue weighted by molar-refractivity contribution is 6.30. The van der Waals surface area contributed by atoms with E-state index in [2.05, 4.69) is 5.32 Å². The zero-order valence-electron chi connectivity index (χ0n) is 10.8. The lowest BCUT2D eigenvalue weighted by atomic mass is 10.1. The van der Waals surface area contributed by atoms with Crippen LogP contribution >= 0.6 is 11.6 Å². The number of rotatable bonds is 4. The summed E-state index contributed by atoms with van der Waals surface area (Å²) in [6, 6.07) is 17.2. The Morgan fingerprint density at radius 2 is 1.74 bits per heavy atom. The summed E-state index contributed by atoms with van der Waals surface area (Å²) in [6.45, 7) is 1.96. The summed E-state index contributed by atoms with van der Waals surface area (Å²) in [5.74, 6) is 0.0219. The molecule has 0 saturated heterocycles. The molecule has 0 unspecified atom stereocenters. The molecule has 19 heavy (non-hydrogen) atoms. The molecular weight excluding hydrogens is 258 g/mol. The van der Waals surface area contributed by atoms with Crippen molar-refractivity contribution in [1.82, 2.24) is 5.32 Å². The van der Waals surface area contributed by atoms with Gasteiger partial charge in [-0.3, -0.25) is 4.79 Å². The van der Waals surface area contributed by atoms with Gasteiger partial charge in [-0.25, -0.2) is 0 Å². The zero-order valence-corrected chi connectivity index (χ0v) is 11.5. The van der Waals surface area contributed by atoms with Gasteiger partial charge in [-0.1, -0.05) is 54.1 Å². The number of carbonyl (C=O) groups is 1. The fourth-order valence-corrected chi connectivity index (χ4v) is 2.03. The number of nitrogens with one attached hydrogen (secondary N) is 1. The minimum absolute atomic E-state index is 0.0199. The predicted molar refractivity (Wildman–Crippen MR) is 78.2 cm³/mol. The average molecular weight is 274 g/mol. The van der Waals surface area contributed by atoms with Crippen molar-refractivity contribution >= 4 is 17.5 Å². The number of hydrogen-bond donors (Lipinski definition) is 1. The molecule has 0 bridgehead atoms. The normalized spacial score (nSPS) is 11.9. The lowest BCUT2D eigenvalue weighted by Crippen LogP contribution is -2.28. The maximum atomic E-state index is 11.9. The molecule has 0 spiro atoms. The summed E-state index contributed by atoms with van der Waals surface area (Å²) < 4.78 is 0. The summed E-state index contributed by atoms with van der Waals surface area (Å²) >= 11 is 5.84. The Labute approximate surface area is 118 Å². The van der Waals surface area contributed by atoms with Gasteiger partial charge in [0.05, 0.1) is 12.5 Å². The van der Waals surface area contributed by atoms with E-state index in [9.17, 15) is 4.79 Å². The summed E-state index contributed by atoms with van der Waals surface area (Å²) in [7, 11) is 0. The molecule has 0 aliphatic rings. The average Bonchev–Trinajstić information content (AvgIpc) is 2.40. The van der Waals surface area contributed by atoms with Crippen LogP contribution in [0, 0.1) is 0 Å². The van der Waals surface area contributed by atoms with Gasteiger partial charge in [0, 0.05) is 5.02 Å². The van der Waals surface area contributed by atoms with Crippen molar-refractivity contribution in [1.29, 1.82) is 0 Å². The van der Waals surface area contributed by atoms with Gasteiger partial charge in [0.25, 0.3) is 0 Å². The highest BCUT2D eigenvalue weighted by atomic mass is 35.5. The number of halogens is 1. The van der Waals surface area contributed by atoms with Crippen LogP contribution in [0.3, 0.4) is 0 Å². The number of benzene rings is 2. The van der Waals surface area contributed by atoms with E-state index in [4.69, 9.17) is 11.6 Å². The zero-order chi connectivity index (χ0) is 13.7. The molecule has 2 nitrogen and oxygen atoms in total. The van der Waals surface area contributed by atoms with Gasteiger partial charge in [-0.15, -0.1) is 0 Å². The molecule has 0 aromatic heterocycles. The van der Waals surface area contributed by atoms with Crippen molar-refractivity contribution in [2.24, 2.45) is 0 Å². The topological polar surface area (TPSA) is 29.1 Å². The molecule has 3 heteroatoms. The number of carbonyl (C=O) groups excluding carboxylic acids is 1. The van der Waals surface area contributed by atoms with Gasteiger partial charge in [0.2, 0.25) is 5.91 Å². The molecule has 2 aromatic carbocycles. The van der Waals surface area contributed by atoms with Crippen molar-refractivity contribution in [3.05, 3.63) is 70.7 Å². The molecule has 0 fully saturated rings. The standard InChI is InChI=1S/C16H16ClNO/c1-12(14-7-9-15(17)10-8-14)18-16(19)11-13-5-3-2-4-6-13/h2-10,12H,11H2,1H3,(H,18,19)/t12-/m0/s1. The molecule has 2 rings (SSSR count). The highest BCUT2D eigenvalue weighted by Crippen LogP contribution is 2.16. The maximum absolute atomic E-state index is 11.9. The summed E-state index contributed by atoms with van der Waals surface area (Å²) in [5.41, 5.74) is 2.06. The predicted octanol–water partition coefficient (Wildman–Crippen LogP) is 3.76. The van der Waals surface area contributed by atoms with Gasteiger partial charge in [0.1, 0.15) is 0 Å². The fraction of sp³-hybridized carbons (Fsp3) is 0.188. The van der Waals surface area contributed by atoms with Crippen molar-refractivity contribution < 1.29 is 4.79 Å². The van der Waals surface area contributed by atoms with Crippen molar-refractivity contribution in [2.75, 3.05) is 0 Å². The molecule has 1 atom stereocenters. The van der Waals surface area contributed by atoms with E-state index in [1.165, 1.54) is 0 Å². The van der Waals surface area contributed by atoms with Gasteiger partial charge < -0.3 is 5.32 Å². The van der Waals surface area contributed by atoms with Crippen LogP contribution < -0.4 is 5.32 Å². The molecule has 0 aliphatic carbocycles. The molecular formula is C16H16ClNO. The maximum Gasteiger partial charge on any atom is 0.224 e. The van der Waals surface area contributed by atoms with Crippen molar-refractivity contribution in [3.63, 3.8) is 0 Å². The van der Waals surface area contributed by atoms with Gasteiger partial charge >= 0.3 is 0 Å². The number of hydrogen-bond acceptors (Lipinski definition) is 1. The second-order valence-electron chi connectivity index (χ2n) is 4.50. The Morgan fingerprint density at radius 3 is 2.37 bits per heavy atom. The Hall–Kier alpha value is -1.80. The first-order chi connectivity index (χ1) is 9.15. The fourth-order valence-electron chi connectivity index (χ4n) is 1.91. The van der Waals surface area contributed by atoms with Gasteiger partial charge in [-0.2, -0.15) is 0 Å². The van der Waals surface area contributed by atoms with Crippen LogP contribution in [0.2, 0.25) is 5.02 Å². The SMILES string of the molecule is C[C@H](NC(=O)Cc1ccccc1)c1ccc(Cl)cc1. The van der Waals surface area contributed by atoms with E-state index in [0.717, 1.165) is 11.1 Å². The van der Waals surface area contributed by atoms with Crippen molar-refractivity contribution in [2.45, 2.75) is 19.4 Å². The first-order valence-corrected chi connectivity index (χ1v) is 6.61. The molecule has 1 amide bonds. The van der Waals surface area contributed by atoms with Crippen LogP contribution in [0.4, 0.5) is 0 Å². The molecule has 2 aromatic rings. The quantitative estimate of drug-likeness (QED) is 0.903. The Balaban J connectivity index is 1.93. The second kappa shape index (κ2) is 6.39. The Morgan fingerprint density at radius 1 is 1.11 bits per heavy atom. The van der Waals surface area contributed by atoms with E-state index >= 15 is 0 Å². The van der Waals surface area contributed by atoms with Gasteiger partial charge in [0.15, 0.2) is 0 Å². The molecule has 0 aliphatic heterocycles. The first-order valence-electron chi connectivity index (χ1n) is 6.24. The summed E-state index contributed by atoms with van der Waals surface area (Å²) in [4.78, 5) is 11.9. The summed E-state index contributed by atoms with van der Waals surface area (Å²) in [6.07, 6.45) is 0.402. The monoisotopic (exact) mass is 273 g/mol. The van der Waals surface area contributed by atoms with Crippen LogP contribution in [-0.4, -0.2) is 5.91 Å². The van der Waals surface area contributed by atoms with Crippen LogP contribution in [0.5, 0.6) is 0 Å². The molecule has 0 radical (unpaired) electrons. The number of amides is 1. The van der Waals surface area contributed by atoms with Crippen LogP contribution in [-0.2, 0) is 11.2 Å². The Bertz CT molecular complexity index is 536. The van der Waals surface area contributed by atoms with Gasteiger partial charge in [-0.05, 0) is 30.2 Å². The Kier molecular flexibility index (Phi) is 4.58. The van der Waals surface area contributed by atoms with Crippen LogP contribution in [0.25, 0.3) is 0 Å². The minimum atomic E-state index is -0.0199. The third kappa shape index (κ3) is 4.11. The third-order valence-corrected chi connectivity index (χ3v) is 3.21. The van der Waals surface area contributed by atoms with E-state index in [0.29, 0.717) is 11.4 Å². The molecule has 1 N–H and O–H groups in total. The second-order valence-corrected chi connectivity index (χ2v) is 4.94. The van der Waals surface area contributed by atoms with Crippen LogP contribution in [0.15, 0.2) is 54.6 Å². The first kappa shape index (κ1) is 13.6. The molecule has 0 saturated carbocycles. The van der Waals surface area contributed by atoms with E-state index in [-0.39, 0.29) is 11.9 Å². The lowest BCUT2D eigenvalue weighted by Gasteiger charge is -2.14. The van der Waals surface area contributed by atoms with E-state index in [1.54, 1.807) is 0 Å². The smallest absolute Gasteiger partial charge is 0.224 e. The third-order valence-electron chi connectivity index (χ3n) is 2.96. The highest BCUT2D eigenvalue weighted by Gasteiger charge is 2.09. The largest absolute Gasteiger partial charge is 0.349 e. The summed E-state index contributed by atoms with van der Waals surface area (Å²) in [5, 5.41) is 3.68.